The molecular weight excluding hydrogens is 676 g/mol. The number of nitrogens with one attached hydrogen (secondary N) is 1. The molecule has 8 bridgehead atoms. The molecule has 0 atom stereocenters. The third kappa shape index (κ3) is 9.64. The summed E-state index contributed by atoms with van der Waals surface area (Å²) in [5, 5.41) is 1.83. The van der Waals surface area contributed by atoms with Crippen LogP contribution in [0.2, 0.25) is 0 Å². The molecular formula is C37H55NO3PPdS+. The Hall–Kier alpha value is -0.758. The van der Waals surface area contributed by atoms with Gasteiger partial charge < -0.3 is 5.73 Å². The van der Waals surface area contributed by atoms with Crippen molar-refractivity contribution in [2.75, 3.05) is 12.4 Å². The minimum Gasteiger partial charge on any atom is -0.699 e. The van der Waals surface area contributed by atoms with Crippen LogP contribution in [0.3, 0.4) is 0 Å². The summed E-state index contributed by atoms with van der Waals surface area (Å²) in [7, 11) is -3.86. The van der Waals surface area contributed by atoms with Crippen LogP contribution in [0.5, 0.6) is 0 Å². The maximum Gasteiger partial charge on any atom is 2.00 e. The van der Waals surface area contributed by atoms with Gasteiger partial charge in [-0.25, -0.2) is 0 Å². The number of rotatable bonds is 5. The van der Waals surface area contributed by atoms with Crippen molar-refractivity contribution in [2.24, 2.45) is 35.5 Å². The first-order chi connectivity index (χ1) is 20.6. The van der Waals surface area contributed by atoms with E-state index in [-0.39, 0.29) is 28.3 Å². The Bertz CT molecular complexity index is 1090. The predicted molar refractivity (Wildman–Crippen MR) is 183 cm³/mol. The summed E-state index contributed by atoms with van der Waals surface area (Å²) in [6.45, 7) is 2.46. The smallest absolute Gasteiger partial charge is 0.699 e. The van der Waals surface area contributed by atoms with Gasteiger partial charge in [-0.05, 0) is 119 Å². The van der Waals surface area contributed by atoms with Gasteiger partial charge in [0.15, 0.2) is 0 Å². The fourth-order valence-corrected chi connectivity index (χ4v) is 17.3. The molecule has 10 rings (SSSR count). The van der Waals surface area contributed by atoms with Gasteiger partial charge in [-0.15, -0.1) is 5.69 Å². The minimum atomic E-state index is -3.67. The van der Waals surface area contributed by atoms with Crippen LogP contribution in [-0.2, 0) is 30.5 Å². The summed E-state index contributed by atoms with van der Waals surface area (Å²) in [4.78, 5) is 0. The molecule has 4 nitrogen and oxygen atoms in total. The molecule has 0 unspecified atom stereocenters. The van der Waals surface area contributed by atoms with Crippen molar-refractivity contribution in [3.8, 4) is 0 Å². The first-order valence-corrected chi connectivity index (χ1v) is 20.6. The van der Waals surface area contributed by atoms with E-state index in [0.29, 0.717) is 11.9 Å². The quantitative estimate of drug-likeness (QED) is 0.144. The van der Waals surface area contributed by atoms with Crippen LogP contribution in [0.25, 0.3) is 5.73 Å². The molecule has 0 saturated heterocycles. The van der Waals surface area contributed by atoms with Gasteiger partial charge in [-0.1, -0.05) is 43.7 Å². The molecule has 0 amide bonds. The number of hydrogen-bond acceptors (Lipinski definition) is 2. The van der Waals surface area contributed by atoms with Gasteiger partial charge in [0.05, 0.1) is 22.7 Å². The average molecular weight is 731 g/mol. The summed E-state index contributed by atoms with van der Waals surface area (Å²) in [6, 6.07) is 21.6. The van der Waals surface area contributed by atoms with Gasteiger partial charge in [-0.2, -0.15) is 44.8 Å². The molecule has 8 saturated carbocycles. The molecule has 8 aliphatic rings. The molecule has 246 valence electrons. The van der Waals surface area contributed by atoms with Crippen LogP contribution in [0.4, 0.5) is 5.69 Å². The second-order valence-corrected chi connectivity index (χ2v) is 20.2. The first kappa shape index (κ1) is 36.1. The van der Waals surface area contributed by atoms with Gasteiger partial charge in [0.25, 0.3) is 10.1 Å². The molecule has 0 spiro atoms. The van der Waals surface area contributed by atoms with E-state index in [9.17, 15) is 8.42 Å². The predicted octanol–water partition coefficient (Wildman–Crippen LogP) is 10.3. The van der Waals surface area contributed by atoms with Gasteiger partial charge in [0, 0.05) is 7.92 Å². The summed E-state index contributed by atoms with van der Waals surface area (Å²) in [5.41, 5.74) is 7.57. The van der Waals surface area contributed by atoms with E-state index in [4.69, 9.17) is 10.3 Å². The maximum absolute atomic E-state index is 9.19. The van der Waals surface area contributed by atoms with E-state index in [1.165, 1.54) is 41.9 Å². The van der Waals surface area contributed by atoms with Crippen LogP contribution in [0.15, 0.2) is 60.7 Å². The monoisotopic (exact) mass is 730 g/mol. The van der Waals surface area contributed by atoms with Gasteiger partial charge in [-0.3, -0.25) is 4.55 Å². The Labute approximate surface area is 283 Å². The van der Waals surface area contributed by atoms with Crippen LogP contribution in [0, 0.1) is 41.6 Å². The number of benzene rings is 2. The van der Waals surface area contributed by atoms with Crippen molar-refractivity contribution in [3.63, 3.8) is 0 Å². The van der Waals surface area contributed by atoms with E-state index >= 15 is 0 Å². The maximum atomic E-state index is 9.19. The zero-order valence-electron chi connectivity index (χ0n) is 26.8. The normalized spacial score (nSPS) is 35.9. The van der Waals surface area contributed by atoms with Crippen molar-refractivity contribution in [3.05, 3.63) is 72.5 Å². The Morgan fingerprint density at radius 2 is 1.09 bits per heavy atom. The van der Waals surface area contributed by atoms with E-state index in [1.54, 1.807) is 102 Å². The molecule has 7 heteroatoms. The molecule has 8 fully saturated rings. The third-order valence-electron chi connectivity index (χ3n) is 11.5. The minimum absolute atomic E-state index is 0. The van der Waals surface area contributed by atoms with Crippen LogP contribution in [0.1, 0.15) is 96.8 Å². The Kier molecular flexibility index (Phi) is 13.0. The summed E-state index contributed by atoms with van der Waals surface area (Å²) in [6.07, 6.45) is 25.5. The fraction of sp³-hybridized carbons (Fsp3) is 0.676. The second kappa shape index (κ2) is 15.9. The largest absolute Gasteiger partial charge is 2.00 e. The van der Waals surface area contributed by atoms with Crippen LogP contribution in [-0.4, -0.2) is 35.7 Å². The van der Waals surface area contributed by atoms with Gasteiger partial charge >= 0.3 is 20.4 Å². The SMILES string of the molecule is CCCC[PH+](C12CC3CC(CC(C3)C1)C2)C12CC3CC(CC(C3)C1)C2.CS(=O)(=O)O.[NH-]c1ccccc1.[Pd+2].[c-]1ccccc1. The molecule has 0 aromatic heterocycles. The van der Waals surface area contributed by atoms with Crippen molar-refractivity contribution in [1.29, 1.82) is 0 Å². The van der Waals surface area contributed by atoms with Gasteiger partial charge in [0.1, 0.15) is 0 Å². The summed E-state index contributed by atoms with van der Waals surface area (Å²) < 4.78 is 25.9. The third-order valence-corrected chi connectivity index (χ3v) is 16.2. The fourth-order valence-electron chi connectivity index (χ4n) is 11.2. The first-order valence-electron chi connectivity index (χ1n) is 17.0. The zero-order valence-corrected chi connectivity index (χ0v) is 30.2. The Balaban J connectivity index is 0.000000191. The second-order valence-electron chi connectivity index (χ2n) is 15.2. The molecule has 0 radical (unpaired) electrons. The molecule has 44 heavy (non-hydrogen) atoms. The Morgan fingerprint density at radius 1 is 0.750 bits per heavy atom. The van der Waals surface area contributed by atoms with Crippen molar-refractivity contribution in [1.82, 2.24) is 0 Å². The van der Waals surface area contributed by atoms with E-state index in [2.05, 4.69) is 13.0 Å². The van der Waals surface area contributed by atoms with Crippen molar-refractivity contribution >= 4 is 23.7 Å². The van der Waals surface area contributed by atoms with Crippen molar-refractivity contribution < 1.29 is 33.4 Å². The number of hydrogen-bond donors (Lipinski definition) is 1. The van der Waals surface area contributed by atoms with Crippen LogP contribution < -0.4 is 0 Å². The average Bonchev–Trinajstić information content (AvgIpc) is 2.93. The zero-order chi connectivity index (χ0) is 30.5. The van der Waals surface area contributed by atoms with Crippen molar-refractivity contribution in [2.45, 2.75) is 107 Å². The topological polar surface area (TPSA) is 78.2 Å². The molecule has 0 aliphatic heterocycles. The summed E-state index contributed by atoms with van der Waals surface area (Å²) in [5.74, 6) is 7.01. The van der Waals surface area contributed by atoms with E-state index < -0.39 is 10.1 Å². The Morgan fingerprint density at radius 3 is 1.32 bits per heavy atom. The molecule has 2 aromatic carbocycles. The molecule has 8 aliphatic carbocycles. The molecule has 2 aromatic rings. The van der Waals surface area contributed by atoms with Gasteiger partial charge in [0.2, 0.25) is 0 Å². The summed E-state index contributed by atoms with van der Waals surface area (Å²) >= 11 is 0. The van der Waals surface area contributed by atoms with E-state index in [0.717, 1.165) is 10.3 Å². The number of unbranched alkanes of at least 4 members (excludes halogenated alkanes) is 1. The molecule has 0 heterocycles. The standard InChI is InChI=1S/C24H39P.C6H6N.C6H5.CH4O3S.Pd/c1-2-3-4-25(23-11-17-5-18(12-23)7-19(6-17)13-23)24-14-20-8-21(15-24)10-22(9-20)16-24;7-6-4-2-1-3-5-6;1-2-4-6-5-3-1;1-5(2,3)4;/h17-22H,2-16H2,1H3;1-5,7H;1-5H;1H3,(H,2,3,4);/q;2*-1;;+2/p+1. The van der Waals surface area contributed by atoms with E-state index in [1.807, 2.05) is 48.5 Å². The molecule has 2 N–H and O–H groups in total. The van der Waals surface area contributed by atoms with Crippen LogP contribution >= 0.6 is 7.92 Å².